The molecular formula is C17H15ClN2. The molecule has 2 nitrogen and oxygen atoms in total. The van der Waals surface area contributed by atoms with Gasteiger partial charge in [0, 0.05) is 29.3 Å². The second-order valence-electron chi connectivity index (χ2n) is 5.15. The van der Waals surface area contributed by atoms with Crippen LogP contribution in [-0.2, 0) is 5.41 Å². The van der Waals surface area contributed by atoms with Crippen molar-refractivity contribution in [2.75, 3.05) is 6.54 Å². The van der Waals surface area contributed by atoms with Crippen molar-refractivity contribution in [1.82, 2.24) is 4.98 Å². The van der Waals surface area contributed by atoms with Crippen LogP contribution in [0.25, 0.3) is 0 Å². The van der Waals surface area contributed by atoms with E-state index in [-0.39, 0.29) is 5.41 Å². The van der Waals surface area contributed by atoms with Gasteiger partial charge in [0.05, 0.1) is 10.7 Å². The summed E-state index contributed by atoms with van der Waals surface area (Å²) < 4.78 is 0. The molecule has 2 aromatic rings. The lowest BCUT2D eigenvalue weighted by Gasteiger charge is -2.13. The van der Waals surface area contributed by atoms with Gasteiger partial charge in [0.25, 0.3) is 0 Å². The number of nitrogens with two attached hydrogens (primary N) is 1. The molecule has 0 radical (unpaired) electrons. The van der Waals surface area contributed by atoms with E-state index >= 15 is 0 Å². The van der Waals surface area contributed by atoms with E-state index in [1.807, 2.05) is 36.4 Å². The van der Waals surface area contributed by atoms with Crippen molar-refractivity contribution in [2.45, 2.75) is 18.3 Å². The number of pyridine rings is 1. The normalized spacial score (nSPS) is 15.3. The molecule has 0 bridgehead atoms. The number of benzene rings is 1. The van der Waals surface area contributed by atoms with Gasteiger partial charge in [-0.25, -0.2) is 0 Å². The number of aromatic nitrogens is 1. The van der Waals surface area contributed by atoms with Gasteiger partial charge in [-0.15, -0.1) is 0 Å². The van der Waals surface area contributed by atoms with Gasteiger partial charge in [-0.05, 0) is 31.0 Å². The fourth-order valence-corrected chi connectivity index (χ4v) is 2.62. The molecule has 100 valence electrons. The first-order chi connectivity index (χ1) is 9.73. The number of halogens is 1. The number of hydrogen-bond acceptors (Lipinski definition) is 2. The largest absolute Gasteiger partial charge is 0.330 e. The summed E-state index contributed by atoms with van der Waals surface area (Å²) in [6, 6.07) is 11.7. The summed E-state index contributed by atoms with van der Waals surface area (Å²) in [5.74, 6) is 6.19. The molecule has 1 fully saturated rings. The molecule has 1 aliphatic carbocycles. The van der Waals surface area contributed by atoms with E-state index < -0.39 is 0 Å². The lowest BCUT2D eigenvalue weighted by Crippen LogP contribution is -2.21. The molecule has 0 amide bonds. The lowest BCUT2D eigenvalue weighted by atomic mass is 10.0. The molecule has 1 aromatic heterocycles. The maximum absolute atomic E-state index is 6.33. The zero-order chi connectivity index (χ0) is 14.0. The molecule has 1 aromatic carbocycles. The Kier molecular flexibility index (Phi) is 3.48. The van der Waals surface area contributed by atoms with Gasteiger partial charge in [-0.2, -0.15) is 0 Å². The molecule has 3 rings (SSSR count). The van der Waals surface area contributed by atoms with Crippen LogP contribution in [0.2, 0.25) is 5.02 Å². The minimum atomic E-state index is 0.0163. The smallest absolute Gasteiger partial charge is 0.0664 e. The summed E-state index contributed by atoms with van der Waals surface area (Å²) in [5, 5.41) is 0.674. The average Bonchev–Trinajstić information content (AvgIpc) is 3.27. The zero-order valence-electron chi connectivity index (χ0n) is 11.1. The maximum Gasteiger partial charge on any atom is 0.0664 e. The lowest BCUT2D eigenvalue weighted by molar-refractivity contribution is 0.678. The Bertz CT molecular complexity index is 679. The first kappa shape index (κ1) is 13.2. The van der Waals surface area contributed by atoms with Crippen LogP contribution in [0.1, 0.15) is 29.7 Å². The number of hydrogen-bond donors (Lipinski definition) is 1. The Labute approximate surface area is 124 Å². The Balaban J connectivity index is 1.87. The third-order valence-corrected chi connectivity index (χ3v) is 4.00. The molecule has 3 heteroatoms. The van der Waals surface area contributed by atoms with Crippen LogP contribution < -0.4 is 5.73 Å². The average molecular weight is 283 g/mol. The first-order valence-electron chi connectivity index (χ1n) is 6.67. The van der Waals surface area contributed by atoms with Gasteiger partial charge in [0.2, 0.25) is 0 Å². The Hall–Kier alpha value is -1.82. The van der Waals surface area contributed by atoms with Gasteiger partial charge < -0.3 is 5.73 Å². The molecule has 0 atom stereocenters. The third kappa shape index (κ3) is 2.56. The zero-order valence-corrected chi connectivity index (χ0v) is 11.8. The van der Waals surface area contributed by atoms with E-state index in [9.17, 15) is 0 Å². The summed E-state index contributed by atoms with van der Waals surface area (Å²) in [6.45, 7) is 0.606. The Morgan fingerprint density at radius 3 is 2.45 bits per heavy atom. The monoisotopic (exact) mass is 282 g/mol. The minimum absolute atomic E-state index is 0.0163. The minimum Gasteiger partial charge on any atom is -0.330 e. The van der Waals surface area contributed by atoms with E-state index in [0.29, 0.717) is 11.6 Å². The molecular weight excluding hydrogens is 268 g/mol. The van der Waals surface area contributed by atoms with Crippen molar-refractivity contribution in [3.8, 4) is 11.8 Å². The van der Waals surface area contributed by atoms with Crippen molar-refractivity contribution in [3.63, 3.8) is 0 Å². The molecule has 0 spiro atoms. The van der Waals surface area contributed by atoms with Crippen molar-refractivity contribution < 1.29 is 0 Å². The van der Waals surface area contributed by atoms with E-state index in [2.05, 4.69) is 16.8 Å². The molecule has 2 N–H and O–H groups in total. The van der Waals surface area contributed by atoms with E-state index in [0.717, 1.165) is 29.7 Å². The first-order valence-corrected chi connectivity index (χ1v) is 7.04. The maximum atomic E-state index is 6.33. The quantitative estimate of drug-likeness (QED) is 0.860. The Morgan fingerprint density at radius 2 is 1.85 bits per heavy atom. The van der Waals surface area contributed by atoms with E-state index in [1.165, 1.54) is 0 Å². The molecule has 0 saturated heterocycles. The van der Waals surface area contributed by atoms with Crippen molar-refractivity contribution in [2.24, 2.45) is 5.73 Å². The van der Waals surface area contributed by atoms with Crippen LogP contribution in [-0.4, -0.2) is 11.5 Å². The Morgan fingerprint density at radius 1 is 1.15 bits per heavy atom. The predicted molar refractivity (Wildman–Crippen MR) is 81.6 cm³/mol. The molecule has 0 unspecified atom stereocenters. The summed E-state index contributed by atoms with van der Waals surface area (Å²) in [4.78, 5) is 4.48. The predicted octanol–water partition coefficient (Wildman–Crippen LogP) is 3.13. The van der Waals surface area contributed by atoms with E-state index in [4.69, 9.17) is 17.3 Å². The third-order valence-electron chi connectivity index (χ3n) is 3.71. The molecule has 1 saturated carbocycles. The van der Waals surface area contributed by atoms with Gasteiger partial charge in [0.1, 0.15) is 0 Å². The topological polar surface area (TPSA) is 38.9 Å². The summed E-state index contributed by atoms with van der Waals surface area (Å²) in [7, 11) is 0. The van der Waals surface area contributed by atoms with E-state index in [1.54, 1.807) is 6.20 Å². The summed E-state index contributed by atoms with van der Waals surface area (Å²) >= 11 is 6.33. The second-order valence-corrected chi connectivity index (χ2v) is 5.56. The fraction of sp³-hybridized carbons (Fsp3) is 0.235. The van der Waals surface area contributed by atoms with Crippen molar-refractivity contribution >= 4 is 11.6 Å². The van der Waals surface area contributed by atoms with Gasteiger partial charge >= 0.3 is 0 Å². The van der Waals surface area contributed by atoms with Crippen LogP contribution >= 0.6 is 11.6 Å². The SMILES string of the molecule is NCC1(c2ncc(C#Cc3ccccc3)cc2Cl)CC1. The number of nitrogens with zero attached hydrogens (tertiary/aromatic N) is 1. The van der Waals surface area contributed by atoms with Crippen LogP contribution in [0, 0.1) is 11.8 Å². The number of rotatable bonds is 2. The van der Waals surface area contributed by atoms with Crippen LogP contribution in [0.3, 0.4) is 0 Å². The fourth-order valence-electron chi connectivity index (χ4n) is 2.25. The van der Waals surface area contributed by atoms with Gasteiger partial charge in [-0.3, -0.25) is 4.98 Å². The van der Waals surface area contributed by atoms with Crippen LogP contribution in [0.15, 0.2) is 42.6 Å². The molecule has 20 heavy (non-hydrogen) atoms. The standard InChI is InChI=1S/C17H15ClN2/c18-15-10-14(7-6-13-4-2-1-3-5-13)11-20-16(15)17(12-19)8-9-17/h1-5,10-11H,8-9,12,19H2. The van der Waals surface area contributed by atoms with Crippen LogP contribution in [0.4, 0.5) is 0 Å². The summed E-state index contributed by atoms with van der Waals surface area (Å²) in [5.41, 5.74) is 8.56. The highest BCUT2D eigenvalue weighted by atomic mass is 35.5. The van der Waals surface area contributed by atoms with Crippen molar-refractivity contribution in [3.05, 3.63) is 64.4 Å². The second kappa shape index (κ2) is 5.28. The highest BCUT2D eigenvalue weighted by Gasteiger charge is 2.45. The molecule has 1 heterocycles. The van der Waals surface area contributed by atoms with Crippen molar-refractivity contribution in [1.29, 1.82) is 0 Å². The van der Waals surface area contributed by atoms with Gasteiger partial charge in [0.15, 0.2) is 0 Å². The summed E-state index contributed by atoms with van der Waals surface area (Å²) in [6.07, 6.45) is 3.93. The molecule has 1 aliphatic rings. The van der Waals surface area contributed by atoms with Gasteiger partial charge in [-0.1, -0.05) is 41.6 Å². The highest BCUT2D eigenvalue weighted by molar-refractivity contribution is 6.31. The molecule has 0 aliphatic heterocycles. The highest BCUT2D eigenvalue weighted by Crippen LogP contribution is 2.48. The van der Waals surface area contributed by atoms with Crippen LogP contribution in [0.5, 0.6) is 0 Å².